The number of benzene rings is 1. The van der Waals surface area contributed by atoms with Gasteiger partial charge in [0.25, 0.3) is 0 Å². The third kappa shape index (κ3) is 8.27. The molecule has 0 heterocycles. The molecule has 114 valence electrons. The van der Waals surface area contributed by atoms with Gasteiger partial charge >= 0.3 is 0 Å². The maximum Gasteiger partial charge on any atom is 0.0205 e. The topological polar surface area (TPSA) is 48.1 Å². The van der Waals surface area contributed by atoms with Gasteiger partial charge in [-0.25, -0.2) is 0 Å². The highest BCUT2D eigenvalue weighted by Gasteiger charge is 1.96. The van der Waals surface area contributed by atoms with Crippen molar-refractivity contribution in [2.45, 2.75) is 25.9 Å². The monoisotopic (exact) mass is 278 g/mol. The zero-order chi connectivity index (χ0) is 14.5. The van der Waals surface area contributed by atoms with Crippen LogP contribution in [0.5, 0.6) is 0 Å². The van der Waals surface area contributed by atoms with Crippen molar-refractivity contribution >= 4 is 0 Å². The maximum atomic E-state index is 3.48. The molecule has 0 aliphatic heterocycles. The van der Waals surface area contributed by atoms with Crippen LogP contribution in [0.3, 0.4) is 0 Å². The first-order chi connectivity index (χ1) is 9.86. The number of rotatable bonds is 12. The molecule has 1 aromatic carbocycles. The molecule has 4 nitrogen and oxygen atoms in total. The van der Waals surface area contributed by atoms with E-state index in [0.29, 0.717) is 0 Å². The molecule has 0 aromatic heterocycles. The van der Waals surface area contributed by atoms with Crippen LogP contribution in [-0.2, 0) is 13.1 Å². The summed E-state index contributed by atoms with van der Waals surface area (Å²) < 4.78 is 0. The quantitative estimate of drug-likeness (QED) is 0.432. The van der Waals surface area contributed by atoms with Gasteiger partial charge in [0.05, 0.1) is 0 Å². The molecular weight excluding hydrogens is 248 g/mol. The van der Waals surface area contributed by atoms with E-state index in [0.717, 1.165) is 39.3 Å². The first-order valence-corrected chi connectivity index (χ1v) is 7.65. The summed E-state index contributed by atoms with van der Waals surface area (Å²) in [5.74, 6) is 0. The largest absolute Gasteiger partial charge is 0.320 e. The van der Waals surface area contributed by atoms with E-state index in [4.69, 9.17) is 0 Å². The highest BCUT2D eigenvalue weighted by molar-refractivity contribution is 5.23. The van der Waals surface area contributed by atoms with Crippen molar-refractivity contribution in [2.24, 2.45) is 0 Å². The fourth-order valence-electron chi connectivity index (χ4n) is 2.10. The molecule has 0 amide bonds. The molecular formula is C16H30N4. The van der Waals surface area contributed by atoms with Gasteiger partial charge in [-0.2, -0.15) is 0 Å². The zero-order valence-corrected chi connectivity index (χ0v) is 13.0. The van der Waals surface area contributed by atoms with Crippen LogP contribution in [-0.4, -0.2) is 40.3 Å². The predicted molar refractivity (Wildman–Crippen MR) is 86.9 cm³/mol. The van der Waals surface area contributed by atoms with Crippen LogP contribution in [0, 0.1) is 0 Å². The number of hydrogen-bond acceptors (Lipinski definition) is 4. The molecule has 20 heavy (non-hydrogen) atoms. The minimum Gasteiger partial charge on any atom is -0.320 e. The molecule has 0 atom stereocenters. The second-order valence-electron chi connectivity index (χ2n) is 5.09. The average molecular weight is 278 g/mol. The Balaban J connectivity index is 2.19. The second kappa shape index (κ2) is 11.9. The van der Waals surface area contributed by atoms with Crippen LogP contribution in [0.2, 0.25) is 0 Å². The van der Waals surface area contributed by atoms with Gasteiger partial charge in [0.15, 0.2) is 0 Å². The van der Waals surface area contributed by atoms with Crippen molar-refractivity contribution in [2.75, 3.05) is 40.3 Å². The van der Waals surface area contributed by atoms with E-state index in [1.54, 1.807) is 0 Å². The lowest BCUT2D eigenvalue weighted by molar-refractivity contribution is 0.619. The smallest absolute Gasteiger partial charge is 0.0205 e. The van der Waals surface area contributed by atoms with Crippen molar-refractivity contribution in [1.29, 1.82) is 0 Å². The van der Waals surface area contributed by atoms with E-state index in [2.05, 4.69) is 45.5 Å². The summed E-state index contributed by atoms with van der Waals surface area (Å²) in [6.07, 6.45) is 2.34. The summed E-state index contributed by atoms with van der Waals surface area (Å²) in [5, 5.41) is 13.3. The third-order valence-electron chi connectivity index (χ3n) is 3.21. The standard InChI is InChI=1S/C16H30N4/c1-17-8-4-10-19-13-15-6-3-7-16(12-15)14-20-11-5-9-18-2/h3,6-7,12,17-20H,4-5,8-11,13-14H2,1-2H3. The lowest BCUT2D eigenvalue weighted by Crippen LogP contribution is -2.20. The second-order valence-corrected chi connectivity index (χ2v) is 5.09. The van der Waals surface area contributed by atoms with Crippen LogP contribution < -0.4 is 21.3 Å². The highest BCUT2D eigenvalue weighted by atomic mass is 14.9. The summed E-state index contributed by atoms with van der Waals surface area (Å²) in [6.45, 7) is 6.18. The maximum absolute atomic E-state index is 3.48. The summed E-state index contributed by atoms with van der Waals surface area (Å²) in [6, 6.07) is 8.82. The Kier molecular flexibility index (Phi) is 10.1. The van der Waals surface area contributed by atoms with E-state index in [1.165, 1.54) is 24.0 Å². The molecule has 1 aromatic rings. The molecule has 0 fully saturated rings. The van der Waals surface area contributed by atoms with Crippen LogP contribution in [0.15, 0.2) is 24.3 Å². The third-order valence-corrected chi connectivity index (χ3v) is 3.21. The fourth-order valence-corrected chi connectivity index (χ4v) is 2.10. The summed E-state index contributed by atoms with van der Waals surface area (Å²) in [5.41, 5.74) is 2.73. The molecule has 0 unspecified atom stereocenters. The van der Waals surface area contributed by atoms with Crippen LogP contribution in [0.4, 0.5) is 0 Å². The van der Waals surface area contributed by atoms with E-state index in [-0.39, 0.29) is 0 Å². The summed E-state index contributed by atoms with van der Waals surface area (Å²) in [7, 11) is 3.99. The van der Waals surface area contributed by atoms with Gasteiger partial charge < -0.3 is 21.3 Å². The van der Waals surface area contributed by atoms with Crippen molar-refractivity contribution < 1.29 is 0 Å². The van der Waals surface area contributed by atoms with Gasteiger partial charge in [-0.1, -0.05) is 24.3 Å². The van der Waals surface area contributed by atoms with Gasteiger partial charge in [0.1, 0.15) is 0 Å². The summed E-state index contributed by atoms with van der Waals surface area (Å²) in [4.78, 5) is 0. The minimum absolute atomic E-state index is 0.956. The lowest BCUT2D eigenvalue weighted by atomic mass is 10.1. The molecule has 1 rings (SSSR count). The predicted octanol–water partition coefficient (Wildman–Crippen LogP) is 1.08. The van der Waals surface area contributed by atoms with Crippen LogP contribution in [0.25, 0.3) is 0 Å². The van der Waals surface area contributed by atoms with Crippen molar-refractivity contribution in [1.82, 2.24) is 21.3 Å². The Labute approximate surface area is 123 Å². The first-order valence-electron chi connectivity index (χ1n) is 7.65. The Morgan fingerprint density at radius 2 is 1.25 bits per heavy atom. The molecule has 0 spiro atoms. The molecule has 4 N–H and O–H groups in total. The molecule has 0 saturated carbocycles. The van der Waals surface area contributed by atoms with Crippen molar-refractivity contribution in [3.63, 3.8) is 0 Å². The molecule has 0 aliphatic carbocycles. The van der Waals surface area contributed by atoms with Crippen LogP contribution >= 0.6 is 0 Å². The molecule has 0 bridgehead atoms. The van der Waals surface area contributed by atoms with E-state index in [9.17, 15) is 0 Å². The SMILES string of the molecule is CNCCCNCc1cccc(CNCCCNC)c1. The molecule has 0 radical (unpaired) electrons. The van der Waals surface area contributed by atoms with Gasteiger partial charge in [0.2, 0.25) is 0 Å². The summed E-state index contributed by atoms with van der Waals surface area (Å²) >= 11 is 0. The highest BCUT2D eigenvalue weighted by Crippen LogP contribution is 2.05. The van der Waals surface area contributed by atoms with Gasteiger partial charge in [-0.15, -0.1) is 0 Å². The Morgan fingerprint density at radius 3 is 1.70 bits per heavy atom. The Morgan fingerprint density at radius 1 is 0.750 bits per heavy atom. The fraction of sp³-hybridized carbons (Fsp3) is 0.625. The van der Waals surface area contributed by atoms with Crippen LogP contribution in [0.1, 0.15) is 24.0 Å². The Hall–Kier alpha value is -0.940. The average Bonchev–Trinajstić information content (AvgIpc) is 2.47. The number of hydrogen-bond donors (Lipinski definition) is 4. The van der Waals surface area contributed by atoms with E-state index < -0.39 is 0 Å². The number of nitrogens with one attached hydrogen (secondary N) is 4. The van der Waals surface area contributed by atoms with Gasteiger partial charge in [-0.05, 0) is 64.2 Å². The van der Waals surface area contributed by atoms with Gasteiger partial charge in [-0.3, -0.25) is 0 Å². The zero-order valence-electron chi connectivity index (χ0n) is 13.0. The molecule has 0 aliphatic rings. The Bertz CT molecular complexity index is 312. The first kappa shape index (κ1) is 17.1. The van der Waals surface area contributed by atoms with Crippen molar-refractivity contribution in [3.05, 3.63) is 35.4 Å². The molecule has 0 saturated heterocycles. The van der Waals surface area contributed by atoms with E-state index in [1.807, 2.05) is 14.1 Å². The normalized spacial score (nSPS) is 10.9. The van der Waals surface area contributed by atoms with E-state index >= 15 is 0 Å². The minimum atomic E-state index is 0.956. The van der Waals surface area contributed by atoms with Gasteiger partial charge in [0, 0.05) is 13.1 Å². The molecule has 4 heteroatoms. The van der Waals surface area contributed by atoms with Crippen molar-refractivity contribution in [3.8, 4) is 0 Å². The lowest BCUT2D eigenvalue weighted by Gasteiger charge is -2.08.